The van der Waals surface area contributed by atoms with Gasteiger partial charge in [-0.15, -0.1) is 13.2 Å². The van der Waals surface area contributed by atoms with E-state index >= 15 is 0 Å². The van der Waals surface area contributed by atoms with Crippen LogP contribution in [0.2, 0.25) is 12.6 Å². The predicted octanol–water partition coefficient (Wildman–Crippen LogP) is 25.1. The molecule has 0 radical (unpaired) electrons. The van der Waals surface area contributed by atoms with Crippen LogP contribution in [0, 0.1) is 105 Å². The van der Waals surface area contributed by atoms with Gasteiger partial charge in [0.1, 0.15) is 23.0 Å². The van der Waals surface area contributed by atoms with Gasteiger partial charge in [-0.2, -0.15) is 0 Å². The Morgan fingerprint density at radius 3 is 0.844 bits per heavy atom. The summed E-state index contributed by atoms with van der Waals surface area (Å²) in [7, 11) is 3.19. The lowest BCUT2D eigenvalue weighted by Crippen LogP contribution is -2.56. The first-order chi connectivity index (χ1) is 68.5. The van der Waals surface area contributed by atoms with Gasteiger partial charge < -0.3 is 38.7 Å². The Hall–Kier alpha value is -11.8. The number of hydrazine groups is 4. The number of ether oxygens (including phenoxy) is 3. The first-order valence-electron chi connectivity index (χ1n) is 52.2. The van der Waals surface area contributed by atoms with Gasteiger partial charge in [-0.1, -0.05) is 254 Å². The fourth-order valence-corrected chi connectivity index (χ4v) is 19.5. The van der Waals surface area contributed by atoms with E-state index in [0.29, 0.717) is 104 Å². The maximum atomic E-state index is 14.0. The number of allylic oxidation sites excluding steroid dienone is 2. The normalized spacial score (nSPS) is 13.5. The minimum atomic E-state index is -1.35. The molecular formula is C121H174B2N8O16. The van der Waals surface area contributed by atoms with E-state index in [2.05, 4.69) is 173 Å². The molecule has 8 amide bonds. The molecule has 0 bridgehead atoms. The zero-order chi connectivity index (χ0) is 111. The van der Waals surface area contributed by atoms with Crippen LogP contribution in [0.15, 0.2) is 147 Å². The lowest BCUT2D eigenvalue weighted by Gasteiger charge is -2.40. The van der Waals surface area contributed by atoms with Crippen molar-refractivity contribution in [1.82, 2.24) is 41.7 Å². The van der Waals surface area contributed by atoms with E-state index in [4.69, 9.17) is 33.6 Å². The topological polar surface area (TPSA) is 304 Å². The van der Waals surface area contributed by atoms with Gasteiger partial charge >= 0.3 is 14.2 Å². The van der Waals surface area contributed by atoms with E-state index in [1.807, 2.05) is 173 Å². The highest BCUT2D eigenvalue weighted by atomic mass is 16.7. The summed E-state index contributed by atoms with van der Waals surface area (Å²) >= 11 is 0. The average Bonchev–Trinajstić information content (AvgIpc) is 1.72. The van der Waals surface area contributed by atoms with Gasteiger partial charge in [0.25, 0.3) is 47.3 Å². The molecule has 1 saturated heterocycles. The second-order valence-corrected chi connectivity index (χ2v) is 45.1. The Bertz CT molecular complexity index is 5820. The van der Waals surface area contributed by atoms with E-state index in [1.165, 1.54) is 10.0 Å². The van der Waals surface area contributed by atoms with E-state index in [1.54, 1.807) is 74.7 Å². The van der Waals surface area contributed by atoms with E-state index in [0.717, 1.165) is 143 Å². The number of carbonyl (C=O) groups is 8. The van der Waals surface area contributed by atoms with Crippen molar-refractivity contribution in [3.8, 4) is 23.0 Å². The molecule has 0 spiro atoms. The molecule has 0 unspecified atom stereocenters. The van der Waals surface area contributed by atoms with Crippen molar-refractivity contribution in [3.05, 3.63) is 280 Å². The third-order valence-corrected chi connectivity index (χ3v) is 27.5. The Morgan fingerprint density at radius 2 is 0.605 bits per heavy atom. The number of aromatic hydroxyl groups is 1. The minimum Gasteiger partial charge on any atom is -0.507 e. The molecule has 0 aromatic heterocycles. The molecule has 1 heterocycles. The smallest absolute Gasteiger partial charge is 0.457 e. The number of carbonyl (C=O) groups excluding carboxylic acids is 8. The molecule has 1 fully saturated rings. The van der Waals surface area contributed by atoms with Crippen LogP contribution in [0.25, 0.3) is 0 Å². The molecule has 24 nitrogen and oxygen atoms in total. The molecule has 147 heavy (non-hydrogen) atoms. The number of phenolic OH excluding ortho intramolecular Hbond substituents is 1. The van der Waals surface area contributed by atoms with Gasteiger partial charge in [-0.25, -0.2) is 20.0 Å². The maximum absolute atomic E-state index is 14.0. The van der Waals surface area contributed by atoms with Crippen LogP contribution in [0.5, 0.6) is 23.0 Å². The second-order valence-electron chi connectivity index (χ2n) is 45.1. The van der Waals surface area contributed by atoms with Crippen molar-refractivity contribution >= 4 is 61.5 Å². The van der Waals surface area contributed by atoms with E-state index in [9.17, 15) is 43.5 Å². The lowest BCUT2D eigenvalue weighted by atomic mass is 9.81. The monoisotopic (exact) mass is 2020 g/mol. The number of hydrogen-bond acceptors (Lipinski definition) is 16. The number of benzene rings is 8. The van der Waals surface area contributed by atoms with Crippen LogP contribution >= 0.6 is 0 Å². The summed E-state index contributed by atoms with van der Waals surface area (Å²) in [5.74, 6) is -0.331. The quantitative estimate of drug-likeness (QED) is 0.0110. The number of rotatable bonds is 35. The standard InChI is InChI=1S/C35H53BN2O5.C29H43BN2O5.C29H40N2O3.C28H38N2O3/c1-13-15-29(33(5,6)7)38(32(40)27-21-23(2)20-24(3)22-27)37-31(39)28-18-17-26(30(41-12)25(28)4)16-14-19-36-42-34(8,9)35(10,11)43-36;1-9-11-25(29(5,6)7)32(28(34)23-17-19(2)16-20(3)18-23)31-27(33)24-14-13-22(12-10-15-30(35)36)26(37-8)21(24)4;1-10-12-22-14-15-24(21(5)26(22)34-9)27(32)30-31(25(13-11-2)29(6,7)8)28(33)23-17-19(3)16-20(4)18-23;1-9-11-21-13-14-23(20(5)25(21)31)26(32)29-30(24(12-10-2)28(6,7)8)27(33)22-16-18(3)15-19(4)17-22/h17-18,20-22,29H,13-16,19H2,1-12H3,(H,37,39);13-14,16-18,25,35-36H,9-12,15H2,1-8H3,(H,31,33);10,14-18,25H,1,11-13H2,2-9H3,(H,30,32);9,13-17,24,31H,1,10-12H2,2-8H3,(H,29,32)/t29-;2*25-;24-/m1111/s1. The van der Waals surface area contributed by atoms with Gasteiger partial charge in [0.2, 0.25) is 0 Å². The summed E-state index contributed by atoms with van der Waals surface area (Å²) in [6.45, 7) is 72.2. The molecule has 4 atom stereocenters. The minimum absolute atomic E-state index is 0.0793. The number of hydrogen-bond donors (Lipinski definition) is 7. The summed E-state index contributed by atoms with van der Waals surface area (Å²) in [5.41, 5.74) is 28.3. The zero-order valence-corrected chi connectivity index (χ0v) is 95.3. The molecule has 8 aromatic carbocycles. The van der Waals surface area contributed by atoms with Crippen molar-refractivity contribution in [2.24, 2.45) is 21.7 Å². The van der Waals surface area contributed by atoms with Gasteiger partial charge in [0.05, 0.1) is 56.7 Å². The number of nitrogens with zero attached hydrogens (tertiary/aromatic N) is 4. The summed E-state index contributed by atoms with van der Waals surface area (Å²) in [5, 5.41) is 35.0. The molecular weight excluding hydrogens is 1840 g/mol. The summed E-state index contributed by atoms with van der Waals surface area (Å²) in [6.07, 6.45) is 14.9. The highest BCUT2D eigenvalue weighted by Gasteiger charge is 2.51. The molecule has 0 saturated carbocycles. The molecule has 1 aliphatic heterocycles. The van der Waals surface area contributed by atoms with Crippen molar-refractivity contribution in [3.63, 3.8) is 0 Å². The van der Waals surface area contributed by atoms with Gasteiger partial charge in [-0.05, 0) is 291 Å². The van der Waals surface area contributed by atoms with Crippen LogP contribution in [0.1, 0.15) is 375 Å². The summed E-state index contributed by atoms with van der Waals surface area (Å²) in [4.78, 5) is 110. The number of aryl methyl sites for hydroxylation is 10. The average molecular weight is 2020 g/mol. The maximum Gasteiger partial charge on any atom is 0.457 e. The number of amides is 8. The van der Waals surface area contributed by atoms with Gasteiger partial charge in [0, 0.05) is 66.8 Å². The summed E-state index contributed by atoms with van der Waals surface area (Å²) in [6, 6.07) is 36.6. The van der Waals surface area contributed by atoms with Crippen molar-refractivity contribution < 1.29 is 77.0 Å². The second kappa shape index (κ2) is 54.4. The first kappa shape index (κ1) is 124. The van der Waals surface area contributed by atoms with Crippen LogP contribution in [-0.4, -0.2) is 153 Å². The Kier molecular flexibility index (Phi) is 45.8. The lowest BCUT2D eigenvalue weighted by molar-refractivity contribution is 0.00578. The van der Waals surface area contributed by atoms with Gasteiger partial charge in [0.15, 0.2) is 0 Å². The van der Waals surface area contributed by atoms with E-state index < -0.39 is 13.0 Å². The highest BCUT2D eigenvalue weighted by Crippen LogP contribution is 2.42. The predicted molar refractivity (Wildman–Crippen MR) is 597 cm³/mol. The molecule has 8 aromatic rings. The SMILES string of the molecule is C=CCc1ccc(C(=O)NN(C(=O)c2cc(C)cc(C)c2)[C@H](CCC)C(C)(C)C)c(C)c1O.C=CCc1ccc(C(=O)NN(C(=O)c2cc(C)cc(C)c2)[C@H](CCC)C(C)(C)C)c(C)c1OC.CCC[C@@H](N(NC(=O)c1ccc(CCCB(O)O)c(OC)c1C)C(=O)c1cc(C)cc(C)c1)C(C)(C)C.CCC[C@@H](N(NC(=O)c1ccc(CCCB2OC(C)(C)C(C)(C)O2)c(OC)c1C)C(=O)c1cc(C)cc(C)c1)C(C)(C)C. The zero-order valence-electron chi connectivity index (χ0n) is 95.3. The Morgan fingerprint density at radius 1 is 0.374 bits per heavy atom. The largest absolute Gasteiger partial charge is 0.507 e. The van der Waals surface area contributed by atoms with E-state index in [-0.39, 0.29) is 118 Å². The fraction of sp³-hybridized carbons (Fsp3) is 0.504. The van der Waals surface area contributed by atoms with Crippen molar-refractivity contribution in [2.75, 3.05) is 21.3 Å². The Labute approximate surface area is 880 Å². The molecule has 26 heteroatoms. The molecule has 800 valence electrons. The number of methoxy groups -OCH3 is 3. The van der Waals surface area contributed by atoms with Crippen LogP contribution in [0.3, 0.4) is 0 Å². The highest BCUT2D eigenvalue weighted by molar-refractivity contribution is 6.45. The molecule has 9 rings (SSSR count). The third kappa shape index (κ3) is 33.8. The van der Waals surface area contributed by atoms with Crippen LogP contribution < -0.4 is 35.9 Å². The Balaban J connectivity index is 0.000000301. The van der Waals surface area contributed by atoms with Crippen LogP contribution in [-0.2, 0) is 35.0 Å². The molecule has 7 N–H and O–H groups in total. The van der Waals surface area contributed by atoms with Gasteiger partial charge in [-0.3, -0.25) is 60.1 Å². The van der Waals surface area contributed by atoms with Crippen LogP contribution in [0.4, 0.5) is 0 Å². The fourth-order valence-electron chi connectivity index (χ4n) is 19.5. The molecule has 1 aliphatic rings. The van der Waals surface area contributed by atoms with Crippen molar-refractivity contribution in [1.29, 1.82) is 0 Å². The summed E-state index contributed by atoms with van der Waals surface area (Å²) < 4.78 is 29.4. The number of phenols is 1. The molecule has 0 aliphatic carbocycles. The number of nitrogens with one attached hydrogen (secondary N) is 4. The third-order valence-electron chi connectivity index (χ3n) is 27.5. The van der Waals surface area contributed by atoms with Crippen molar-refractivity contribution in [2.45, 2.75) is 359 Å². The first-order valence-corrected chi connectivity index (χ1v) is 52.2.